The van der Waals surface area contributed by atoms with Crippen molar-refractivity contribution in [3.8, 4) is 0 Å². The molecule has 3 nitrogen and oxygen atoms in total. The van der Waals surface area contributed by atoms with E-state index in [4.69, 9.17) is 4.74 Å². The maximum atomic E-state index is 12.0. The van der Waals surface area contributed by atoms with Crippen molar-refractivity contribution >= 4 is 5.78 Å². The number of carbonyl (C=O) groups excluding carboxylic acids is 1. The molecule has 0 spiro atoms. The van der Waals surface area contributed by atoms with Gasteiger partial charge in [0.15, 0.2) is 5.78 Å². The molecule has 1 saturated carbocycles. The molecule has 0 aromatic heterocycles. The minimum Gasteiger partial charge on any atom is -0.381 e. The second-order valence-corrected chi connectivity index (χ2v) is 5.21. The van der Waals surface area contributed by atoms with Crippen LogP contribution in [0, 0.1) is 11.8 Å². The van der Waals surface area contributed by atoms with Crippen LogP contribution in [0.1, 0.15) is 32.6 Å². The molecule has 1 saturated heterocycles. The lowest BCUT2D eigenvalue weighted by Gasteiger charge is -2.21. The van der Waals surface area contributed by atoms with Crippen LogP contribution in [0.25, 0.3) is 0 Å². The smallest absolute Gasteiger partial charge is 0.152 e. The molecule has 1 unspecified atom stereocenters. The zero-order chi connectivity index (χ0) is 11.4. The average molecular weight is 225 g/mol. The molecule has 92 valence electrons. The van der Waals surface area contributed by atoms with E-state index in [2.05, 4.69) is 11.8 Å². The van der Waals surface area contributed by atoms with Gasteiger partial charge in [-0.1, -0.05) is 6.92 Å². The molecule has 1 atom stereocenters. The van der Waals surface area contributed by atoms with Gasteiger partial charge in [0.25, 0.3) is 0 Å². The predicted octanol–water partition coefficient (Wildman–Crippen LogP) is 1.71. The summed E-state index contributed by atoms with van der Waals surface area (Å²) in [6, 6.07) is 0. The van der Waals surface area contributed by atoms with Crippen molar-refractivity contribution in [3.05, 3.63) is 0 Å². The van der Waals surface area contributed by atoms with Crippen molar-refractivity contribution in [1.29, 1.82) is 0 Å². The number of ketones is 1. The van der Waals surface area contributed by atoms with Gasteiger partial charge in [-0.2, -0.15) is 0 Å². The molecule has 0 aromatic carbocycles. The molecule has 0 amide bonds. The fourth-order valence-corrected chi connectivity index (χ4v) is 2.35. The van der Waals surface area contributed by atoms with E-state index in [1.54, 1.807) is 0 Å². The largest absolute Gasteiger partial charge is 0.381 e. The molecule has 16 heavy (non-hydrogen) atoms. The molecular weight excluding hydrogens is 202 g/mol. The monoisotopic (exact) mass is 225 g/mol. The van der Waals surface area contributed by atoms with E-state index < -0.39 is 0 Å². The topological polar surface area (TPSA) is 29.5 Å². The van der Waals surface area contributed by atoms with Crippen LogP contribution in [0.3, 0.4) is 0 Å². The summed E-state index contributed by atoms with van der Waals surface area (Å²) in [6.45, 7) is 6.46. The Balaban J connectivity index is 1.75. The van der Waals surface area contributed by atoms with Gasteiger partial charge in [0.1, 0.15) is 0 Å². The lowest BCUT2D eigenvalue weighted by molar-refractivity contribution is -0.124. The highest BCUT2D eigenvalue weighted by atomic mass is 16.5. The van der Waals surface area contributed by atoms with E-state index in [0.717, 1.165) is 38.5 Å². The van der Waals surface area contributed by atoms with Gasteiger partial charge in [-0.15, -0.1) is 0 Å². The van der Waals surface area contributed by atoms with Crippen molar-refractivity contribution in [3.63, 3.8) is 0 Å². The van der Waals surface area contributed by atoms with E-state index in [9.17, 15) is 4.79 Å². The molecule has 3 heteroatoms. The third-order valence-corrected chi connectivity index (χ3v) is 3.52. The van der Waals surface area contributed by atoms with Crippen LogP contribution >= 0.6 is 0 Å². The van der Waals surface area contributed by atoms with Gasteiger partial charge in [0.05, 0.1) is 13.2 Å². The first-order valence-corrected chi connectivity index (χ1v) is 6.62. The number of hydrogen-bond donors (Lipinski definition) is 0. The number of nitrogens with zero attached hydrogens (tertiary/aromatic N) is 1. The summed E-state index contributed by atoms with van der Waals surface area (Å²) in [6.07, 6.45) is 4.80. The summed E-state index contributed by atoms with van der Waals surface area (Å²) in [7, 11) is 0. The molecule has 1 heterocycles. The van der Waals surface area contributed by atoms with Crippen LogP contribution in [0.5, 0.6) is 0 Å². The first-order valence-electron chi connectivity index (χ1n) is 6.62. The molecule has 0 radical (unpaired) electrons. The normalized spacial score (nSPS) is 25.2. The summed E-state index contributed by atoms with van der Waals surface area (Å²) in [5, 5.41) is 0. The fourth-order valence-electron chi connectivity index (χ4n) is 2.35. The molecule has 2 aliphatic rings. The Labute approximate surface area is 98.1 Å². The van der Waals surface area contributed by atoms with Crippen LogP contribution < -0.4 is 0 Å². The summed E-state index contributed by atoms with van der Waals surface area (Å²) in [5.74, 6) is 1.45. The van der Waals surface area contributed by atoms with Gasteiger partial charge in [-0.3, -0.25) is 9.69 Å². The molecule has 2 rings (SSSR count). The van der Waals surface area contributed by atoms with Gasteiger partial charge in [-0.25, -0.2) is 0 Å². The van der Waals surface area contributed by atoms with E-state index in [-0.39, 0.29) is 5.92 Å². The summed E-state index contributed by atoms with van der Waals surface area (Å²) in [4.78, 5) is 14.4. The van der Waals surface area contributed by atoms with Gasteiger partial charge >= 0.3 is 0 Å². The zero-order valence-corrected chi connectivity index (χ0v) is 10.3. The first kappa shape index (κ1) is 12.1. The van der Waals surface area contributed by atoms with Crippen LogP contribution in [-0.4, -0.2) is 43.5 Å². The van der Waals surface area contributed by atoms with Crippen molar-refractivity contribution < 1.29 is 9.53 Å². The first-order chi connectivity index (χ1) is 7.79. The maximum Gasteiger partial charge on any atom is 0.152 e. The number of rotatable bonds is 7. The highest BCUT2D eigenvalue weighted by Crippen LogP contribution is 2.29. The Kier molecular flexibility index (Phi) is 4.36. The molecule has 1 aliphatic carbocycles. The number of hydrogen-bond acceptors (Lipinski definition) is 3. The minimum absolute atomic E-state index is 0.179. The minimum atomic E-state index is 0.179. The standard InChI is InChI=1S/C13H23NO2/c1-2-6-14(8-11-3-4-11)9-13(15)12-5-7-16-10-12/h11-12H,2-10H2,1H3. The Morgan fingerprint density at radius 3 is 2.75 bits per heavy atom. The Hall–Kier alpha value is -0.410. The van der Waals surface area contributed by atoms with Crippen molar-refractivity contribution in [2.75, 3.05) is 32.8 Å². The quantitative estimate of drug-likeness (QED) is 0.660. The number of ether oxygens (including phenoxy) is 1. The van der Waals surface area contributed by atoms with Crippen LogP contribution in [0.15, 0.2) is 0 Å². The molecular formula is C13H23NO2. The molecule has 0 N–H and O–H groups in total. The summed E-state index contributed by atoms with van der Waals surface area (Å²) >= 11 is 0. The maximum absolute atomic E-state index is 12.0. The van der Waals surface area contributed by atoms with Crippen molar-refractivity contribution in [2.24, 2.45) is 11.8 Å². The second-order valence-electron chi connectivity index (χ2n) is 5.21. The lowest BCUT2D eigenvalue weighted by Crippen LogP contribution is -2.35. The van der Waals surface area contributed by atoms with Gasteiger partial charge in [0, 0.05) is 19.1 Å². The third kappa shape index (κ3) is 3.56. The van der Waals surface area contributed by atoms with Gasteiger partial charge in [0.2, 0.25) is 0 Å². The van der Waals surface area contributed by atoms with Crippen molar-refractivity contribution in [1.82, 2.24) is 4.90 Å². The Morgan fingerprint density at radius 2 is 2.19 bits per heavy atom. The number of carbonyl (C=O) groups is 1. The number of Topliss-reactive ketones (excluding diaryl/α,β-unsaturated/α-hetero) is 1. The molecule has 0 aromatic rings. The SMILES string of the molecule is CCCN(CC(=O)C1CCOC1)CC1CC1. The van der Waals surface area contributed by atoms with E-state index >= 15 is 0 Å². The summed E-state index contributed by atoms with van der Waals surface area (Å²) < 4.78 is 5.27. The lowest BCUT2D eigenvalue weighted by atomic mass is 10.0. The van der Waals surface area contributed by atoms with E-state index in [1.165, 1.54) is 12.8 Å². The fraction of sp³-hybridized carbons (Fsp3) is 0.923. The van der Waals surface area contributed by atoms with E-state index in [0.29, 0.717) is 18.9 Å². The van der Waals surface area contributed by atoms with Crippen molar-refractivity contribution in [2.45, 2.75) is 32.6 Å². The highest BCUT2D eigenvalue weighted by molar-refractivity contribution is 5.83. The predicted molar refractivity (Wildman–Crippen MR) is 63.4 cm³/mol. The highest BCUT2D eigenvalue weighted by Gasteiger charge is 2.28. The average Bonchev–Trinajstić information content (AvgIpc) is 2.91. The molecule has 2 fully saturated rings. The molecule has 1 aliphatic heterocycles. The van der Waals surface area contributed by atoms with E-state index in [1.807, 2.05) is 0 Å². The summed E-state index contributed by atoms with van der Waals surface area (Å²) in [5.41, 5.74) is 0. The van der Waals surface area contributed by atoms with Gasteiger partial charge in [-0.05, 0) is 38.1 Å². The molecule has 0 bridgehead atoms. The van der Waals surface area contributed by atoms with Crippen LogP contribution in [0.4, 0.5) is 0 Å². The second kappa shape index (κ2) is 5.78. The zero-order valence-electron chi connectivity index (χ0n) is 10.3. The Bertz CT molecular complexity index is 232. The Morgan fingerprint density at radius 1 is 1.38 bits per heavy atom. The van der Waals surface area contributed by atoms with Gasteiger partial charge < -0.3 is 4.74 Å². The third-order valence-electron chi connectivity index (χ3n) is 3.52. The van der Waals surface area contributed by atoms with Crippen LogP contribution in [0.2, 0.25) is 0 Å². The van der Waals surface area contributed by atoms with Crippen LogP contribution in [-0.2, 0) is 9.53 Å².